The summed E-state index contributed by atoms with van der Waals surface area (Å²) in [6.45, 7) is 6.04. The molecule has 0 spiro atoms. The van der Waals surface area contributed by atoms with Gasteiger partial charge in [0.25, 0.3) is 0 Å². The second-order valence-electron chi connectivity index (χ2n) is 6.42. The lowest BCUT2D eigenvalue weighted by Gasteiger charge is -2.24. The first-order valence-electron chi connectivity index (χ1n) is 9.00. The van der Waals surface area contributed by atoms with Crippen molar-refractivity contribution in [1.29, 1.82) is 0 Å². The van der Waals surface area contributed by atoms with Crippen LogP contribution in [0.15, 0.2) is 24.3 Å². The number of benzene rings is 1. The molecule has 0 saturated carbocycles. The minimum absolute atomic E-state index is 0.150. The second-order valence-corrected chi connectivity index (χ2v) is 6.42. The first-order valence-corrected chi connectivity index (χ1v) is 9.00. The van der Waals surface area contributed by atoms with Crippen LogP contribution in [0.5, 0.6) is 0 Å². The maximum Gasteiger partial charge on any atom is 0.222 e. The fourth-order valence-corrected chi connectivity index (χ4v) is 3.64. The first-order chi connectivity index (χ1) is 11.3. The van der Waals surface area contributed by atoms with Gasteiger partial charge in [-0.15, -0.1) is 0 Å². The van der Waals surface area contributed by atoms with Crippen molar-refractivity contribution in [2.75, 3.05) is 6.54 Å². The Kier molecular flexibility index (Phi) is 4.99. The highest BCUT2D eigenvalue weighted by Gasteiger charge is 2.32. The number of carbonyl (C=O) groups excluding carboxylic acids is 1. The molecule has 0 bridgehead atoms. The zero-order valence-corrected chi connectivity index (χ0v) is 14.3. The highest BCUT2D eigenvalue weighted by molar-refractivity contribution is 5.78. The lowest BCUT2D eigenvalue weighted by Crippen LogP contribution is -2.31. The van der Waals surface area contributed by atoms with E-state index in [9.17, 15) is 4.79 Å². The highest BCUT2D eigenvalue weighted by atomic mass is 16.2. The molecule has 3 rings (SSSR count). The summed E-state index contributed by atoms with van der Waals surface area (Å²) in [5, 5.41) is 0. The molecule has 0 aliphatic carbocycles. The molecule has 23 heavy (non-hydrogen) atoms. The van der Waals surface area contributed by atoms with Crippen LogP contribution in [-0.2, 0) is 11.3 Å². The topological polar surface area (TPSA) is 38.1 Å². The predicted octanol–water partition coefficient (Wildman–Crippen LogP) is 4.30. The molecule has 1 aromatic carbocycles. The molecule has 1 aliphatic rings. The van der Waals surface area contributed by atoms with Crippen LogP contribution in [0.4, 0.5) is 0 Å². The van der Waals surface area contributed by atoms with Crippen molar-refractivity contribution >= 4 is 16.9 Å². The van der Waals surface area contributed by atoms with E-state index in [1.807, 2.05) is 17.9 Å². The Bertz CT molecular complexity index is 676. The number of para-hydroxylation sites is 2. The van der Waals surface area contributed by atoms with E-state index in [2.05, 4.69) is 29.7 Å². The van der Waals surface area contributed by atoms with E-state index in [0.717, 1.165) is 43.7 Å². The van der Waals surface area contributed by atoms with Gasteiger partial charge in [0.1, 0.15) is 5.82 Å². The van der Waals surface area contributed by atoms with E-state index in [1.54, 1.807) is 0 Å². The zero-order chi connectivity index (χ0) is 16.2. The van der Waals surface area contributed by atoms with Crippen molar-refractivity contribution in [2.24, 2.45) is 0 Å². The number of rotatable bonds is 6. The summed E-state index contributed by atoms with van der Waals surface area (Å²) in [7, 11) is 0. The molecule has 1 amide bonds. The fraction of sp³-hybridized carbons (Fsp3) is 0.579. The third kappa shape index (κ3) is 3.12. The minimum atomic E-state index is 0.150. The predicted molar refractivity (Wildman–Crippen MR) is 93.2 cm³/mol. The van der Waals surface area contributed by atoms with Crippen LogP contribution in [0, 0.1) is 0 Å². The molecular formula is C19H27N3O. The molecule has 1 atom stereocenters. The number of amides is 1. The summed E-state index contributed by atoms with van der Waals surface area (Å²) in [5.41, 5.74) is 2.25. The Balaban J connectivity index is 1.98. The largest absolute Gasteiger partial charge is 0.333 e. The molecule has 2 aromatic rings. The van der Waals surface area contributed by atoms with Gasteiger partial charge in [0, 0.05) is 19.5 Å². The first kappa shape index (κ1) is 16.0. The van der Waals surface area contributed by atoms with Crippen molar-refractivity contribution in [3.8, 4) is 0 Å². The van der Waals surface area contributed by atoms with Crippen LogP contribution >= 0.6 is 0 Å². The number of unbranched alkanes of at least 4 members (excludes halogenated alkanes) is 2. The zero-order valence-electron chi connectivity index (χ0n) is 14.3. The van der Waals surface area contributed by atoms with Crippen LogP contribution < -0.4 is 0 Å². The molecule has 0 radical (unpaired) electrons. The molecule has 1 aromatic heterocycles. The van der Waals surface area contributed by atoms with Crippen molar-refractivity contribution in [3.05, 3.63) is 30.1 Å². The number of hydrogen-bond donors (Lipinski definition) is 0. The average molecular weight is 313 g/mol. The maximum atomic E-state index is 12.3. The van der Waals surface area contributed by atoms with E-state index in [4.69, 9.17) is 4.98 Å². The van der Waals surface area contributed by atoms with E-state index in [1.165, 1.54) is 18.4 Å². The molecule has 0 N–H and O–H groups in total. The molecule has 0 unspecified atom stereocenters. The molecule has 1 saturated heterocycles. The monoisotopic (exact) mass is 313 g/mol. The molecule has 124 valence electrons. The number of aromatic nitrogens is 2. The number of aryl methyl sites for hydroxylation is 1. The number of carbonyl (C=O) groups is 1. The summed E-state index contributed by atoms with van der Waals surface area (Å²) in [4.78, 5) is 19.2. The number of imidazole rings is 1. The number of hydrogen-bond acceptors (Lipinski definition) is 2. The van der Waals surface area contributed by atoms with E-state index in [0.29, 0.717) is 6.42 Å². The maximum absolute atomic E-state index is 12.3. The standard InChI is InChI=1S/C19H27N3O/c1-3-5-8-13-22-16-11-7-6-10-15(16)20-19(22)17-12-9-14-21(17)18(23)4-2/h6-7,10-11,17H,3-5,8-9,12-14H2,1-2H3/t17-/m1/s1. The Morgan fingerprint density at radius 3 is 2.87 bits per heavy atom. The van der Waals surface area contributed by atoms with Crippen LogP contribution in [0.25, 0.3) is 11.0 Å². The van der Waals surface area contributed by atoms with Crippen LogP contribution in [0.1, 0.15) is 64.2 Å². The molecule has 4 nitrogen and oxygen atoms in total. The van der Waals surface area contributed by atoms with Crippen molar-refractivity contribution < 1.29 is 4.79 Å². The fourth-order valence-electron chi connectivity index (χ4n) is 3.64. The summed E-state index contributed by atoms with van der Waals surface area (Å²) in [6, 6.07) is 8.50. The summed E-state index contributed by atoms with van der Waals surface area (Å²) in [6.07, 6.45) is 6.29. The number of nitrogens with zero attached hydrogens (tertiary/aromatic N) is 3. The van der Waals surface area contributed by atoms with Crippen LogP contribution in [-0.4, -0.2) is 26.9 Å². The normalized spacial score (nSPS) is 18.0. The van der Waals surface area contributed by atoms with Gasteiger partial charge in [0.15, 0.2) is 0 Å². The Morgan fingerprint density at radius 2 is 2.09 bits per heavy atom. The second kappa shape index (κ2) is 7.16. The smallest absolute Gasteiger partial charge is 0.222 e. The number of fused-ring (bicyclic) bond motifs is 1. The van der Waals surface area contributed by atoms with Gasteiger partial charge in [-0.1, -0.05) is 38.8 Å². The van der Waals surface area contributed by atoms with Gasteiger partial charge in [0.2, 0.25) is 5.91 Å². The molecule has 4 heteroatoms. The lowest BCUT2D eigenvalue weighted by atomic mass is 10.2. The molecule has 2 heterocycles. The average Bonchev–Trinajstić information content (AvgIpc) is 3.19. The van der Waals surface area contributed by atoms with Gasteiger partial charge in [-0.25, -0.2) is 4.98 Å². The van der Waals surface area contributed by atoms with Gasteiger partial charge in [-0.2, -0.15) is 0 Å². The third-order valence-corrected chi connectivity index (χ3v) is 4.84. The quantitative estimate of drug-likeness (QED) is 0.746. The SMILES string of the molecule is CCCCCn1c([C@H]2CCCN2C(=O)CC)nc2ccccc21. The Morgan fingerprint density at radius 1 is 1.26 bits per heavy atom. The molecule has 1 fully saturated rings. The van der Waals surface area contributed by atoms with Crippen molar-refractivity contribution in [3.63, 3.8) is 0 Å². The van der Waals surface area contributed by atoms with Gasteiger partial charge < -0.3 is 9.47 Å². The van der Waals surface area contributed by atoms with Crippen LogP contribution in [0.2, 0.25) is 0 Å². The van der Waals surface area contributed by atoms with Gasteiger partial charge in [-0.05, 0) is 31.4 Å². The molecule has 1 aliphatic heterocycles. The Hall–Kier alpha value is -1.84. The van der Waals surface area contributed by atoms with Crippen molar-refractivity contribution in [2.45, 2.75) is 65.0 Å². The summed E-state index contributed by atoms with van der Waals surface area (Å²) >= 11 is 0. The number of likely N-dealkylation sites (tertiary alicyclic amines) is 1. The van der Waals surface area contributed by atoms with Gasteiger partial charge in [0.05, 0.1) is 17.1 Å². The third-order valence-electron chi connectivity index (χ3n) is 4.84. The summed E-state index contributed by atoms with van der Waals surface area (Å²) in [5.74, 6) is 1.33. The van der Waals surface area contributed by atoms with E-state index in [-0.39, 0.29) is 11.9 Å². The van der Waals surface area contributed by atoms with Gasteiger partial charge in [-0.3, -0.25) is 4.79 Å². The van der Waals surface area contributed by atoms with Gasteiger partial charge >= 0.3 is 0 Å². The Labute approximate surface area is 138 Å². The van der Waals surface area contributed by atoms with Crippen LogP contribution in [0.3, 0.4) is 0 Å². The highest BCUT2D eigenvalue weighted by Crippen LogP contribution is 2.34. The molecular weight excluding hydrogens is 286 g/mol. The van der Waals surface area contributed by atoms with E-state index >= 15 is 0 Å². The minimum Gasteiger partial charge on any atom is -0.333 e. The summed E-state index contributed by atoms with van der Waals surface area (Å²) < 4.78 is 2.36. The van der Waals surface area contributed by atoms with Crippen molar-refractivity contribution in [1.82, 2.24) is 14.5 Å². The lowest BCUT2D eigenvalue weighted by molar-refractivity contribution is -0.131. The van der Waals surface area contributed by atoms with E-state index < -0.39 is 0 Å².